The minimum absolute atomic E-state index is 0.000789. The molecule has 1 heterocycles. The molecule has 24 heavy (non-hydrogen) atoms. The van der Waals surface area contributed by atoms with Crippen molar-refractivity contribution in [1.82, 2.24) is 0 Å². The molecule has 0 amide bonds. The molecule has 1 aromatic carbocycles. The first kappa shape index (κ1) is 17.9. The fraction of sp³-hybridized carbons (Fsp3) is 0.588. The number of hydrogen-bond acceptors (Lipinski definition) is 4. The van der Waals surface area contributed by atoms with Crippen LogP contribution in [0.1, 0.15) is 25.7 Å². The fourth-order valence-corrected chi connectivity index (χ4v) is 4.21. The highest BCUT2D eigenvalue weighted by atomic mass is 35.5. The van der Waals surface area contributed by atoms with Gasteiger partial charge in [-0.25, -0.2) is 4.39 Å². The molecule has 1 aliphatic carbocycles. The summed E-state index contributed by atoms with van der Waals surface area (Å²) in [5.74, 6) is 0.692. The Kier molecular flexibility index (Phi) is 5.96. The monoisotopic (exact) mass is 374 g/mol. The molecule has 7 heteroatoms. The van der Waals surface area contributed by atoms with Crippen LogP contribution in [0.15, 0.2) is 24.3 Å². The highest BCUT2D eigenvalue weighted by Gasteiger charge is 2.50. The van der Waals surface area contributed by atoms with Crippen LogP contribution in [0.2, 0.25) is 5.02 Å². The zero-order valence-electron chi connectivity index (χ0n) is 13.2. The molecule has 6 atom stereocenters. The summed E-state index contributed by atoms with van der Waals surface area (Å²) >= 11 is 5.87. The molecule has 2 aliphatic rings. The average molecular weight is 375 g/mol. The number of alkyl halides is 1. The Hall–Kier alpha value is -0.900. The van der Waals surface area contributed by atoms with Gasteiger partial charge in [0.1, 0.15) is 24.6 Å². The van der Waals surface area contributed by atoms with E-state index < -0.39 is 6.17 Å². The lowest BCUT2D eigenvalue weighted by molar-refractivity contribution is -0.141. The van der Waals surface area contributed by atoms with Crippen LogP contribution in [0.25, 0.3) is 0 Å². The molecule has 132 valence electrons. The SMILES string of the molecule is O=C1C[C@H]2C(CC(OP)[C@@H]2CCC(F)COc2cccc(Cl)c2)O1. The first-order valence-electron chi connectivity index (χ1n) is 8.14. The van der Waals surface area contributed by atoms with Gasteiger partial charge >= 0.3 is 5.97 Å². The number of hydrogen-bond donors (Lipinski definition) is 0. The van der Waals surface area contributed by atoms with Gasteiger partial charge in [0.05, 0.1) is 12.5 Å². The lowest BCUT2D eigenvalue weighted by Crippen LogP contribution is -2.23. The maximum Gasteiger partial charge on any atom is 0.306 e. The van der Waals surface area contributed by atoms with Crippen LogP contribution in [-0.4, -0.2) is 31.0 Å². The van der Waals surface area contributed by atoms with Crippen molar-refractivity contribution in [2.75, 3.05) is 6.61 Å². The van der Waals surface area contributed by atoms with Crippen molar-refractivity contribution in [3.8, 4) is 5.75 Å². The van der Waals surface area contributed by atoms with Gasteiger partial charge in [0.15, 0.2) is 0 Å². The van der Waals surface area contributed by atoms with Crippen molar-refractivity contribution >= 4 is 27.0 Å². The van der Waals surface area contributed by atoms with Gasteiger partial charge in [-0.2, -0.15) is 0 Å². The summed E-state index contributed by atoms with van der Waals surface area (Å²) in [5.41, 5.74) is 0. The lowest BCUT2D eigenvalue weighted by Gasteiger charge is -2.22. The second kappa shape index (κ2) is 7.99. The van der Waals surface area contributed by atoms with Crippen LogP contribution in [0.4, 0.5) is 4.39 Å². The second-order valence-corrected chi connectivity index (χ2v) is 7.12. The lowest BCUT2D eigenvalue weighted by atomic mass is 9.87. The normalized spacial score (nSPS) is 30.0. The third kappa shape index (κ3) is 4.19. The number of benzene rings is 1. The molecule has 0 N–H and O–H groups in total. The Labute approximate surface area is 148 Å². The molecule has 0 aromatic heterocycles. The molecule has 0 bridgehead atoms. The number of carbonyl (C=O) groups is 1. The van der Waals surface area contributed by atoms with E-state index in [2.05, 4.69) is 9.47 Å². The largest absolute Gasteiger partial charge is 0.491 e. The van der Waals surface area contributed by atoms with E-state index in [1.54, 1.807) is 24.3 Å². The maximum atomic E-state index is 14.2. The van der Waals surface area contributed by atoms with Crippen LogP contribution < -0.4 is 4.74 Å². The molecule has 4 unspecified atom stereocenters. The van der Waals surface area contributed by atoms with Crippen molar-refractivity contribution in [2.24, 2.45) is 11.8 Å². The summed E-state index contributed by atoms with van der Waals surface area (Å²) in [6.45, 7) is -0.0109. The summed E-state index contributed by atoms with van der Waals surface area (Å²) in [7, 11) is 2.28. The third-order valence-electron chi connectivity index (χ3n) is 4.87. The van der Waals surface area contributed by atoms with E-state index >= 15 is 0 Å². The minimum atomic E-state index is -1.08. The number of fused-ring (bicyclic) bond motifs is 1. The molecule has 3 rings (SSSR count). The van der Waals surface area contributed by atoms with Gasteiger partial charge in [-0.15, -0.1) is 0 Å². The van der Waals surface area contributed by atoms with E-state index in [1.807, 2.05) is 0 Å². The van der Waals surface area contributed by atoms with Gasteiger partial charge in [0.2, 0.25) is 0 Å². The molecule has 1 aromatic rings. The molecule has 0 spiro atoms. The van der Waals surface area contributed by atoms with Crippen LogP contribution in [0.5, 0.6) is 5.75 Å². The highest BCUT2D eigenvalue weighted by Crippen LogP contribution is 2.45. The highest BCUT2D eigenvalue weighted by molar-refractivity contribution is 7.09. The summed E-state index contributed by atoms with van der Waals surface area (Å²) in [6.07, 6.45) is 0.972. The maximum absolute atomic E-state index is 14.2. The van der Waals surface area contributed by atoms with Gasteiger partial charge in [0.25, 0.3) is 0 Å². The number of halogens is 2. The van der Waals surface area contributed by atoms with Crippen molar-refractivity contribution in [3.05, 3.63) is 29.3 Å². The Balaban J connectivity index is 1.48. The Bertz CT molecular complexity index is 587. The quantitative estimate of drug-likeness (QED) is 0.535. The van der Waals surface area contributed by atoms with E-state index in [4.69, 9.17) is 25.6 Å². The van der Waals surface area contributed by atoms with Gasteiger partial charge in [-0.3, -0.25) is 4.79 Å². The second-order valence-electron chi connectivity index (χ2n) is 6.41. The predicted octanol–water partition coefficient (Wildman–Crippen LogP) is 3.96. The smallest absolute Gasteiger partial charge is 0.306 e. The molecule has 1 saturated heterocycles. The van der Waals surface area contributed by atoms with E-state index in [0.717, 1.165) is 0 Å². The third-order valence-corrected chi connectivity index (χ3v) is 5.45. The molecular weight excluding hydrogens is 354 g/mol. The summed E-state index contributed by atoms with van der Waals surface area (Å²) < 4.78 is 30.4. The summed E-state index contributed by atoms with van der Waals surface area (Å²) in [5, 5.41) is 0.561. The van der Waals surface area contributed by atoms with E-state index in [9.17, 15) is 9.18 Å². The summed E-state index contributed by atoms with van der Waals surface area (Å²) in [6, 6.07) is 6.92. The Morgan fingerprint density at radius 3 is 3.04 bits per heavy atom. The van der Waals surface area contributed by atoms with Gasteiger partial charge < -0.3 is 14.0 Å². The average Bonchev–Trinajstić information content (AvgIpc) is 3.06. The first-order valence-corrected chi connectivity index (χ1v) is 8.99. The van der Waals surface area contributed by atoms with Gasteiger partial charge in [-0.05, 0) is 37.0 Å². The molecule has 0 radical (unpaired) electrons. The first-order chi connectivity index (χ1) is 11.6. The van der Waals surface area contributed by atoms with Crippen LogP contribution in [0.3, 0.4) is 0 Å². The van der Waals surface area contributed by atoms with E-state index in [-0.39, 0.29) is 36.6 Å². The summed E-state index contributed by atoms with van der Waals surface area (Å²) in [4.78, 5) is 11.4. The van der Waals surface area contributed by atoms with Crippen molar-refractivity contribution in [1.29, 1.82) is 0 Å². The van der Waals surface area contributed by atoms with Crippen molar-refractivity contribution < 1.29 is 23.2 Å². The van der Waals surface area contributed by atoms with Gasteiger partial charge in [-0.1, -0.05) is 17.7 Å². The molecule has 1 aliphatic heterocycles. The van der Waals surface area contributed by atoms with Crippen LogP contribution in [-0.2, 0) is 14.1 Å². The Morgan fingerprint density at radius 2 is 2.29 bits per heavy atom. The topological polar surface area (TPSA) is 44.8 Å². The van der Waals surface area contributed by atoms with Gasteiger partial charge in [0, 0.05) is 26.8 Å². The van der Waals surface area contributed by atoms with Crippen LogP contribution >= 0.6 is 21.1 Å². The van der Waals surface area contributed by atoms with Crippen molar-refractivity contribution in [3.63, 3.8) is 0 Å². The number of carbonyl (C=O) groups excluding carboxylic acids is 1. The van der Waals surface area contributed by atoms with E-state index in [0.29, 0.717) is 36.5 Å². The zero-order chi connectivity index (χ0) is 17.1. The standard InChI is InChI=1S/C17H21ClFO4P/c18-10-2-1-3-12(6-10)21-9-11(19)4-5-13-14-7-17(20)22-15(14)8-16(13)23-24/h1-3,6,11,13-16H,4-5,7-9,24H2/t11?,13-,14-,15?,16?/m1/s1. The molecule has 4 nitrogen and oxygen atoms in total. The van der Waals surface area contributed by atoms with Crippen molar-refractivity contribution in [2.45, 2.75) is 44.1 Å². The zero-order valence-corrected chi connectivity index (χ0v) is 15.1. The molecule has 1 saturated carbocycles. The molecule has 2 fully saturated rings. The number of rotatable bonds is 7. The number of ether oxygens (including phenoxy) is 2. The minimum Gasteiger partial charge on any atom is -0.491 e. The Morgan fingerprint density at radius 1 is 1.46 bits per heavy atom. The van der Waals surface area contributed by atoms with E-state index in [1.165, 1.54) is 0 Å². The number of esters is 1. The fourth-order valence-electron chi connectivity index (χ4n) is 3.71. The molecular formula is C17H21ClFO4P. The van der Waals surface area contributed by atoms with Crippen LogP contribution in [0, 0.1) is 11.8 Å². The predicted molar refractivity (Wildman–Crippen MR) is 91.8 cm³/mol.